The average Bonchev–Trinajstić information content (AvgIpc) is 2.63. The number of anilines is 1. The quantitative estimate of drug-likeness (QED) is 0.823. The summed E-state index contributed by atoms with van der Waals surface area (Å²) in [5.41, 5.74) is 2.05. The summed E-state index contributed by atoms with van der Waals surface area (Å²) in [5.74, 6) is 0.692. The van der Waals surface area contributed by atoms with Crippen LogP contribution in [-0.2, 0) is 4.74 Å². The molecule has 1 aliphatic rings. The Morgan fingerprint density at radius 3 is 2.79 bits per heavy atom. The minimum absolute atomic E-state index is 0.142. The van der Waals surface area contributed by atoms with E-state index in [9.17, 15) is 0 Å². The van der Waals surface area contributed by atoms with Gasteiger partial charge in [0.25, 0.3) is 0 Å². The molecule has 1 aromatic heterocycles. The Morgan fingerprint density at radius 2 is 2.04 bits per heavy atom. The molecule has 1 saturated heterocycles. The molecule has 1 aromatic carbocycles. The molecular formula is C18H22ClN3O2. The zero-order valence-electron chi connectivity index (χ0n) is 14.0. The molecular weight excluding hydrogens is 326 g/mol. The Morgan fingerprint density at radius 1 is 1.25 bits per heavy atom. The zero-order chi connectivity index (χ0) is 16.9. The average molecular weight is 348 g/mol. The number of ether oxygens (including phenoxy) is 2. The van der Waals surface area contributed by atoms with Gasteiger partial charge >= 0.3 is 6.01 Å². The Labute approximate surface area is 147 Å². The molecule has 2 unspecified atom stereocenters. The zero-order valence-corrected chi connectivity index (χ0v) is 14.7. The van der Waals surface area contributed by atoms with E-state index in [0.717, 1.165) is 24.8 Å². The first-order chi connectivity index (χ1) is 11.7. The van der Waals surface area contributed by atoms with Crippen LogP contribution in [0.3, 0.4) is 0 Å². The summed E-state index contributed by atoms with van der Waals surface area (Å²) < 4.78 is 11.3. The van der Waals surface area contributed by atoms with Crippen molar-refractivity contribution < 1.29 is 9.47 Å². The van der Waals surface area contributed by atoms with Crippen molar-refractivity contribution in [3.8, 4) is 6.01 Å². The molecule has 6 heteroatoms. The van der Waals surface area contributed by atoms with Crippen LogP contribution in [-0.4, -0.2) is 29.7 Å². The lowest BCUT2D eigenvalue weighted by Gasteiger charge is -2.30. The van der Waals surface area contributed by atoms with Crippen molar-refractivity contribution in [1.29, 1.82) is 0 Å². The number of halogens is 1. The van der Waals surface area contributed by atoms with Crippen LogP contribution in [0.25, 0.3) is 0 Å². The second-order valence-corrected chi connectivity index (χ2v) is 6.30. The molecule has 1 N–H and O–H groups in total. The van der Waals surface area contributed by atoms with Crippen molar-refractivity contribution in [2.75, 3.05) is 19.0 Å². The van der Waals surface area contributed by atoms with Gasteiger partial charge in [0.1, 0.15) is 11.0 Å². The van der Waals surface area contributed by atoms with Crippen molar-refractivity contribution in [1.82, 2.24) is 9.97 Å². The van der Waals surface area contributed by atoms with Gasteiger partial charge in [-0.15, -0.1) is 0 Å². The van der Waals surface area contributed by atoms with Crippen LogP contribution in [0.5, 0.6) is 6.01 Å². The van der Waals surface area contributed by atoms with Crippen molar-refractivity contribution in [3.63, 3.8) is 0 Å². The summed E-state index contributed by atoms with van der Waals surface area (Å²) in [4.78, 5) is 8.39. The Balaban J connectivity index is 1.63. The molecule has 128 valence electrons. The van der Waals surface area contributed by atoms with Gasteiger partial charge in [-0.2, -0.15) is 9.97 Å². The molecule has 2 aromatic rings. The van der Waals surface area contributed by atoms with Gasteiger partial charge in [-0.3, -0.25) is 0 Å². The van der Waals surface area contributed by atoms with Crippen LogP contribution in [0.15, 0.2) is 30.3 Å². The SMILES string of the molecule is COc1nc(Cl)c(C)c(NCC2CCCC(c3ccccc3)O2)n1. The second-order valence-electron chi connectivity index (χ2n) is 5.94. The van der Waals surface area contributed by atoms with Gasteiger partial charge in [0.2, 0.25) is 0 Å². The number of rotatable bonds is 5. The molecule has 24 heavy (non-hydrogen) atoms. The van der Waals surface area contributed by atoms with E-state index in [1.807, 2.05) is 13.0 Å². The summed E-state index contributed by atoms with van der Waals surface area (Å²) in [6.07, 6.45) is 3.55. The Kier molecular flexibility index (Phi) is 5.53. The maximum absolute atomic E-state index is 6.25. The first kappa shape index (κ1) is 17.0. The van der Waals surface area contributed by atoms with Crippen molar-refractivity contribution in [2.24, 2.45) is 0 Å². The van der Waals surface area contributed by atoms with E-state index in [0.29, 0.717) is 17.5 Å². The summed E-state index contributed by atoms with van der Waals surface area (Å²) in [6, 6.07) is 10.7. The molecule has 0 saturated carbocycles. The third-order valence-electron chi connectivity index (χ3n) is 4.27. The van der Waals surface area contributed by atoms with Gasteiger partial charge in [0.15, 0.2) is 0 Å². The molecule has 0 amide bonds. The normalized spacial score (nSPS) is 20.6. The van der Waals surface area contributed by atoms with Gasteiger partial charge < -0.3 is 14.8 Å². The minimum atomic E-state index is 0.142. The fourth-order valence-corrected chi connectivity index (χ4v) is 3.07. The highest BCUT2D eigenvalue weighted by Crippen LogP contribution is 2.31. The second kappa shape index (κ2) is 7.81. The molecule has 5 nitrogen and oxygen atoms in total. The Hall–Kier alpha value is -1.85. The monoisotopic (exact) mass is 347 g/mol. The highest BCUT2D eigenvalue weighted by atomic mass is 35.5. The number of nitrogens with one attached hydrogen (secondary N) is 1. The summed E-state index contributed by atoms with van der Waals surface area (Å²) in [5, 5.41) is 3.73. The van der Waals surface area contributed by atoms with Crippen LogP contribution < -0.4 is 10.1 Å². The summed E-state index contributed by atoms with van der Waals surface area (Å²) >= 11 is 6.12. The molecule has 2 atom stereocenters. The predicted octanol–water partition coefficient (Wildman–Crippen LogP) is 4.17. The molecule has 0 spiro atoms. The summed E-state index contributed by atoms with van der Waals surface area (Å²) in [6.45, 7) is 2.57. The van der Waals surface area contributed by atoms with Crippen LogP contribution in [0, 0.1) is 6.92 Å². The third-order valence-corrected chi connectivity index (χ3v) is 4.63. The van der Waals surface area contributed by atoms with Gasteiger partial charge in [-0.05, 0) is 31.7 Å². The fraction of sp³-hybridized carbons (Fsp3) is 0.444. The lowest BCUT2D eigenvalue weighted by atomic mass is 9.98. The van der Waals surface area contributed by atoms with Crippen LogP contribution in [0.2, 0.25) is 5.15 Å². The smallest absolute Gasteiger partial charge is 0.319 e. The van der Waals surface area contributed by atoms with Crippen LogP contribution in [0.1, 0.15) is 36.5 Å². The van der Waals surface area contributed by atoms with Gasteiger partial charge in [-0.1, -0.05) is 41.9 Å². The van der Waals surface area contributed by atoms with E-state index in [-0.39, 0.29) is 18.2 Å². The third kappa shape index (κ3) is 3.97. The number of aromatic nitrogens is 2. The Bertz CT molecular complexity index is 681. The molecule has 2 heterocycles. The van der Waals surface area contributed by atoms with Gasteiger partial charge in [-0.25, -0.2) is 0 Å². The molecule has 1 aliphatic heterocycles. The fourth-order valence-electron chi connectivity index (χ4n) is 2.91. The van der Waals surface area contributed by atoms with Crippen molar-refractivity contribution in [2.45, 2.75) is 38.4 Å². The van der Waals surface area contributed by atoms with Crippen molar-refractivity contribution in [3.05, 3.63) is 46.6 Å². The van der Waals surface area contributed by atoms with Crippen LogP contribution >= 0.6 is 11.6 Å². The molecule has 0 bridgehead atoms. The predicted molar refractivity (Wildman–Crippen MR) is 94.7 cm³/mol. The maximum atomic E-state index is 6.25. The van der Waals surface area contributed by atoms with E-state index in [4.69, 9.17) is 21.1 Å². The molecule has 0 radical (unpaired) electrons. The maximum Gasteiger partial charge on any atom is 0.319 e. The lowest BCUT2D eigenvalue weighted by Crippen LogP contribution is -2.29. The minimum Gasteiger partial charge on any atom is -0.467 e. The van der Waals surface area contributed by atoms with E-state index in [1.54, 1.807) is 0 Å². The van der Waals surface area contributed by atoms with E-state index >= 15 is 0 Å². The highest BCUT2D eigenvalue weighted by Gasteiger charge is 2.24. The molecule has 3 rings (SSSR count). The van der Waals surface area contributed by atoms with Crippen LogP contribution in [0.4, 0.5) is 5.82 Å². The first-order valence-electron chi connectivity index (χ1n) is 8.19. The highest BCUT2D eigenvalue weighted by molar-refractivity contribution is 6.30. The molecule has 1 fully saturated rings. The van der Waals surface area contributed by atoms with E-state index in [2.05, 4.69) is 39.6 Å². The standard InChI is InChI=1S/C18H22ClN3O2/c1-12-16(19)21-18(23-2)22-17(12)20-11-14-9-6-10-15(24-14)13-7-4-3-5-8-13/h3-5,7-8,14-15H,6,9-11H2,1-2H3,(H,20,21,22). The number of hydrogen-bond acceptors (Lipinski definition) is 5. The number of benzene rings is 1. The summed E-state index contributed by atoms with van der Waals surface area (Å²) in [7, 11) is 1.53. The number of hydrogen-bond donors (Lipinski definition) is 1. The van der Waals surface area contributed by atoms with Gasteiger partial charge in [0, 0.05) is 12.1 Å². The number of nitrogens with zero attached hydrogens (tertiary/aromatic N) is 2. The van der Waals surface area contributed by atoms with E-state index in [1.165, 1.54) is 12.7 Å². The topological polar surface area (TPSA) is 56.3 Å². The largest absolute Gasteiger partial charge is 0.467 e. The first-order valence-corrected chi connectivity index (χ1v) is 8.57. The lowest BCUT2D eigenvalue weighted by molar-refractivity contribution is -0.0442. The van der Waals surface area contributed by atoms with Crippen molar-refractivity contribution >= 4 is 17.4 Å². The van der Waals surface area contributed by atoms with Gasteiger partial charge in [0.05, 0.1) is 19.3 Å². The van der Waals surface area contributed by atoms with E-state index < -0.39 is 0 Å². The molecule has 0 aliphatic carbocycles. The number of methoxy groups -OCH3 is 1.